The smallest absolute Gasteiger partial charge is 0.425 e. The van der Waals surface area contributed by atoms with Gasteiger partial charge in [0.15, 0.2) is 17.3 Å². The Morgan fingerprint density at radius 3 is 2.31 bits per heavy atom. The highest BCUT2D eigenvalue weighted by atomic mass is 19.4. The fraction of sp³-hybridized carbons (Fsp3) is 0.393. The molecule has 4 rings (SSSR count). The highest BCUT2D eigenvalue weighted by Crippen LogP contribution is 2.51. The molecule has 2 aliphatic rings. The normalized spacial score (nSPS) is 20.7. The third-order valence-corrected chi connectivity index (χ3v) is 7.04. The van der Waals surface area contributed by atoms with Gasteiger partial charge in [-0.2, -0.15) is 13.2 Å². The number of nitrogens with one attached hydrogen (secondary N) is 1. The summed E-state index contributed by atoms with van der Waals surface area (Å²) in [6.07, 6.45) is -5.53. The lowest BCUT2D eigenvalue weighted by Crippen LogP contribution is -2.66. The first-order valence-corrected chi connectivity index (χ1v) is 12.2. The molecule has 0 aromatic heterocycles. The van der Waals surface area contributed by atoms with Crippen molar-refractivity contribution in [2.45, 2.75) is 44.8 Å². The Balaban J connectivity index is 1.79. The first-order chi connectivity index (χ1) is 18.3. The van der Waals surface area contributed by atoms with E-state index in [1.54, 1.807) is 37.4 Å². The lowest BCUT2D eigenvalue weighted by molar-refractivity contribution is -0.190. The molecule has 0 radical (unpaired) electrons. The quantitative estimate of drug-likeness (QED) is 0.512. The van der Waals surface area contributed by atoms with Crippen LogP contribution < -0.4 is 14.8 Å². The molecular formula is C28H28F4N2O5. The predicted octanol–water partition coefficient (Wildman–Crippen LogP) is 4.60. The zero-order valence-electron chi connectivity index (χ0n) is 21.9. The maximum atomic E-state index is 14.9. The molecule has 1 aliphatic carbocycles. The van der Waals surface area contributed by atoms with Crippen LogP contribution in [0.1, 0.15) is 42.6 Å². The number of rotatable bonds is 7. The number of benzene rings is 2. The zero-order valence-corrected chi connectivity index (χ0v) is 21.9. The van der Waals surface area contributed by atoms with Gasteiger partial charge in [0.2, 0.25) is 5.54 Å². The Kier molecular flexibility index (Phi) is 7.22. The summed E-state index contributed by atoms with van der Waals surface area (Å²) in [5.41, 5.74) is -5.31. The van der Waals surface area contributed by atoms with Crippen LogP contribution in [0.3, 0.4) is 0 Å². The van der Waals surface area contributed by atoms with Crippen LogP contribution in [-0.4, -0.2) is 55.0 Å². The molecule has 2 aromatic rings. The first-order valence-electron chi connectivity index (χ1n) is 12.2. The number of alkyl halides is 3. The summed E-state index contributed by atoms with van der Waals surface area (Å²) in [4.78, 5) is 40.9. The van der Waals surface area contributed by atoms with Gasteiger partial charge in [-0.25, -0.2) is 4.39 Å². The number of methoxy groups -OCH3 is 2. The predicted molar refractivity (Wildman–Crippen MR) is 133 cm³/mol. The number of halogens is 4. The molecule has 0 spiro atoms. The number of amides is 2. The van der Waals surface area contributed by atoms with Gasteiger partial charge in [0.05, 0.1) is 25.4 Å². The summed E-state index contributed by atoms with van der Waals surface area (Å²) in [7, 11) is 2.90. The van der Waals surface area contributed by atoms with Crippen molar-refractivity contribution in [1.29, 1.82) is 0 Å². The number of carbonyl (C=O) groups excluding carboxylic acids is 3. The third kappa shape index (κ3) is 4.86. The van der Waals surface area contributed by atoms with E-state index in [1.165, 1.54) is 26.4 Å². The van der Waals surface area contributed by atoms with E-state index in [9.17, 15) is 31.9 Å². The fourth-order valence-electron chi connectivity index (χ4n) is 5.22. The summed E-state index contributed by atoms with van der Waals surface area (Å²) >= 11 is 0. The largest absolute Gasteiger partial charge is 0.493 e. The average molecular weight is 549 g/mol. The number of hydrogen-bond donors (Lipinski definition) is 1. The SMILES string of the molecule is COc1ccc(CCN2C(=O)[C@@](NC(=O)c3ccccc3F)(C(F)(F)F)C3=C2CC(C)(C)CC3=O)cc1OC. The maximum Gasteiger partial charge on any atom is 0.425 e. The second kappa shape index (κ2) is 10.0. The molecule has 0 unspecified atom stereocenters. The molecule has 0 bridgehead atoms. The van der Waals surface area contributed by atoms with E-state index < -0.39 is 51.7 Å². The highest BCUT2D eigenvalue weighted by molar-refractivity contribution is 6.14. The van der Waals surface area contributed by atoms with Crippen molar-refractivity contribution in [3.8, 4) is 11.5 Å². The van der Waals surface area contributed by atoms with Gasteiger partial charge in [0.1, 0.15) is 5.82 Å². The number of Topliss-reactive ketones (excluding diaryl/α,β-unsaturated/α-hetero) is 1. The second-order valence-electron chi connectivity index (χ2n) is 10.3. The Labute approximate surface area is 222 Å². The number of carbonyl (C=O) groups is 3. The molecule has 1 N–H and O–H groups in total. The number of ether oxygens (including phenoxy) is 2. The maximum absolute atomic E-state index is 14.9. The van der Waals surface area contributed by atoms with Crippen molar-refractivity contribution in [2.75, 3.05) is 20.8 Å². The molecule has 11 heteroatoms. The van der Waals surface area contributed by atoms with Gasteiger partial charge in [-0.05, 0) is 48.1 Å². The summed E-state index contributed by atoms with van der Waals surface area (Å²) < 4.78 is 69.6. The average Bonchev–Trinajstić information content (AvgIpc) is 3.09. The van der Waals surface area contributed by atoms with Crippen molar-refractivity contribution in [3.63, 3.8) is 0 Å². The summed E-state index contributed by atoms with van der Waals surface area (Å²) in [5.74, 6) is -4.06. The van der Waals surface area contributed by atoms with Gasteiger partial charge in [0.25, 0.3) is 11.8 Å². The highest BCUT2D eigenvalue weighted by Gasteiger charge is 2.71. The molecule has 0 fully saturated rings. The van der Waals surface area contributed by atoms with Gasteiger partial charge in [-0.1, -0.05) is 32.0 Å². The fourth-order valence-corrected chi connectivity index (χ4v) is 5.22. The molecule has 2 amide bonds. The van der Waals surface area contributed by atoms with E-state index >= 15 is 0 Å². The van der Waals surface area contributed by atoms with Crippen LogP contribution in [0.2, 0.25) is 0 Å². The zero-order chi connectivity index (χ0) is 28.8. The van der Waals surface area contributed by atoms with Crippen LogP contribution in [0.25, 0.3) is 0 Å². The summed E-state index contributed by atoms with van der Waals surface area (Å²) in [6, 6.07) is 9.43. The monoisotopic (exact) mass is 548 g/mol. The van der Waals surface area contributed by atoms with Gasteiger partial charge in [0, 0.05) is 18.7 Å². The molecule has 7 nitrogen and oxygen atoms in total. The summed E-state index contributed by atoms with van der Waals surface area (Å²) in [6.45, 7) is 3.23. The third-order valence-electron chi connectivity index (χ3n) is 7.04. The standard InChI is InChI=1S/C28H28F4N2O5/c1-26(2)14-19-23(20(35)15-26)27(28(30,31)32,33-24(36)17-7-5-6-8-18(17)29)25(37)34(19)12-11-16-9-10-21(38-3)22(13-16)39-4/h5-10,13H,11-12,14-15H2,1-4H3,(H,33,36)/t27-/m1/s1. The van der Waals surface area contributed by atoms with Crippen molar-refractivity contribution >= 4 is 17.6 Å². The second-order valence-corrected chi connectivity index (χ2v) is 10.3. The van der Waals surface area contributed by atoms with Crippen LogP contribution in [0, 0.1) is 11.2 Å². The molecule has 1 atom stereocenters. The van der Waals surface area contributed by atoms with Crippen molar-refractivity contribution < 1.29 is 41.4 Å². The number of allylic oxidation sites excluding steroid dienone is 1. The number of nitrogens with zero attached hydrogens (tertiary/aromatic N) is 1. The van der Waals surface area contributed by atoms with Crippen LogP contribution in [0.15, 0.2) is 53.7 Å². The van der Waals surface area contributed by atoms with Gasteiger partial charge < -0.3 is 19.7 Å². The van der Waals surface area contributed by atoms with Gasteiger partial charge >= 0.3 is 6.18 Å². The topological polar surface area (TPSA) is 84.9 Å². The van der Waals surface area contributed by atoms with Gasteiger partial charge in [-0.15, -0.1) is 0 Å². The minimum atomic E-state index is -5.39. The molecule has 1 heterocycles. The van der Waals surface area contributed by atoms with E-state index in [0.717, 1.165) is 17.0 Å². The van der Waals surface area contributed by atoms with E-state index in [4.69, 9.17) is 9.47 Å². The van der Waals surface area contributed by atoms with Gasteiger partial charge in [-0.3, -0.25) is 14.4 Å². The molecule has 208 valence electrons. The van der Waals surface area contributed by atoms with E-state index in [0.29, 0.717) is 17.1 Å². The van der Waals surface area contributed by atoms with E-state index in [1.807, 2.05) is 0 Å². The summed E-state index contributed by atoms with van der Waals surface area (Å²) in [5, 5.41) is 1.75. The molecule has 0 saturated carbocycles. The van der Waals surface area contributed by atoms with Crippen LogP contribution >= 0.6 is 0 Å². The molecule has 0 saturated heterocycles. The number of ketones is 1. The molecular weight excluding hydrogens is 520 g/mol. The van der Waals surface area contributed by atoms with Crippen LogP contribution in [-0.2, 0) is 16.0 Å². The Bertz CT molecular complexity index is 1370. The van der Waals surface area contributed by atoms with Crippen molar-refractivity contribution in [3.05, 3.63) is 70.7 Å². The Hall–Kier alpha value is -3.89. The molecule has 39 heavy (non-hydrogen) atoms. The van der Waals surface area contributed by atoms with Crippen LogP contribution in [0.4, 0.5) is 17.6 Å². The molecule has 2 aromatic carbocycles. The van der Waals surface area contributed by atoms with Crippen molar-refractivity contribution in [2.24, 2.45) is 5.41 Å². The van der Waals surface area contributed by atoms with Crippen molar-refractivity contribution in [1.82, 2.24) is 10.2 Å². The Morgan fingerprint density at radius 2 is 1.69 bits per heavy atom. The lowest BCUT2D eigenvalue weighted by atomic mass is 9.72. The first kappa shape index (κ1) is 28.1. The number of hydrogen-bond acceptors (Lipinski definition) is 5. The minimum Gasteiger partial charge on any atom is -0.493 e. The minimum absolute atomic E-state index is 0.000848. The molecule has 1 aliphatic heterocycles. The Morgan fingerprint density at radius 1 is 1.03 bits per heavy atom. The van der Waals surface area contributed by atoms with Crippen LogP contribution in [0.5, 0.6) is 11.5 Å². The van der Waals surface area contributed by atoms with E-state index in [2.05, 4.69) is 0 Å². The lowest BCUT2D eigenvalue weighted by Gasteiger charge is -2.35. The van der Waals surface area contributed by atoms with E-state index in [-0.39, 0.29) is 31.5 Å².